The summed E-state index contributed by atoms with van der Waals surface area (Å²) in [5.41, 5.74) is 0.967. The Kier molecular flexibility index (Phi) is 6.34. The molecule has 0 bridgehead atoms. The number of piperazine rings is 1. The normalized spacial score (nSPS) is 18.1. The van der Waals surface area contributed by atoms with Crippen molar-refractivity contribution in [2.24, 2.45) is 0 Å². The minimum atomic E-state index is -3.30. The Hall–Kier alpha value is -0.950. The van der Waals surface area contributed by atoms with Crippen LogP contribution in [0.5, 0.6) is 5.75 Å². The molecule has 7 heteroatoms. The third kappa shape index (κ3) is 4.03. The predicted octanol–water partition coefficient (Wildman–Crippen LogP) is 1.70. The predicted molar refractivity (Wildman–Crippen MR) is 79.3 cm³/mol. The molecule has 0 aromatic heterocycles. The second kappa shape index (κ2) is 7.35. The maximum absolute atomic E-state index is 14.1. The molecule has 1 fully saturated rings. The van der Waals surface area contributed by atoms with Gasteiger partial charge in [0.2, 0.25) is 0 Å². The lowest BCUT2D eigenvalue weighted by atomic mass is 9.96. The van der Waals surface area contributed by atoms with Crippen LogP contribution in [0.25, 0.3) is 0 Å². The van der Waals surface area contributed by atoms with Crippen molar-refractivity contribution in [3.8, 4) is 5.75 Å². The first-order valence-corrected chi connectivity index (χ1v) is 6.68. The van der Waals surface area contributed by atoms with Crippen LogP contribution in [-0.4, -0.2) is 53.8 Å². The van der Waals surface area contributed by atoms with Crippen LogP contribution >= 0.6 is 12.4 Å². The van der Waals surface area contributed by atoms with E-state index in [-0.39, 0.29) is 23.7 Å². The minimum Gasteiger partial charge on any atom is -0.508 e. The van der Waals surface area contributed by atoms with E-state index in [4.69, 9.17) is 5.11 Å². The fraction of sp³-hybridized carbons (Fsp3) is 0.571. The van der Waals surface area contributed by atoms with Crippen molar-refractivity contribution in [2.45, 2.75) is 18.9 Å². The lowest BCUT2D eigenvalue weighted by Crippen LogP contribution is -2.51. The molecule has 1 aromatic rings. The largest absolute Gasteiger partial charge is 0.508 e. The van der Waals surface area contributed by atoms with Crippen LogP contribution < -0.4 is 5.32 Å². The van der Waals surface area contributed by atoms with Crippen molar-refractivity contribution in [2.75, 3.05) is 32.8 Å². The standard InChI is InChI=1S/C14H20F2N2O2.ClH/c1-10-2-3-11(12(20)8-10)13(14(15,16)9-19)18-6-4-17-5-7-18;/h2-3,8,13,17,19-20H,4-7,9H2,1H3;1H/t13-;/m0./s1. The van der Waals surface area contributed by atoms with Crippen molar-refractivity contribution >= 4 is 12.4 Å². The summed E-state index contributed by atoms with van der Waals surface area (Å²) < 4.78 is 28.3. The Morgan fingerprint density at radius 2 is 1.95 bits per heavy atom. The Morgan fingerprint density at radius 1 is 1.33 bits per heavy atom. The number of phenols is 1. The third-order valence-corrected chi connectivity index (χ3v) is 3.61. The molecule has 0 aliphatic carbocycles. The number of aromatic hydroxyl groups is 1. The number of hydrogen-bond donors (Lipinski definition) is 3. The van der Waals surface area contributed by atoms with Crippen LogP contribution in [0, 0.1) is 6.92 Å². The molecule has 120 valence electrons. The third-order valence-electron chi connectivity index (χ3n) is 3.61. The van der Waals surface area contributed by atoms with E-state index >= 15 is 0 Å². The number of nitrogens with zero attached hydrogens (tertiary/aromatic N) is 1. The maximum Gasteiger partial charge on any atom is 0.290 e. The number of benzene rings is 1. The van der Waals surface area contributed by atoms with Gasteiger partial charge in [0.15, 0.2) is 0 Å². The highest BCUT2D eigenvalue weighted by molar-refractivity contribution is 5.85. The van der Waals surface area contributed by atoms with Gasteiger partial charge in [-0.05, 0) is 18.6 Å². The number of nitrogens with one attached hydrogen (secondary N) is 1. The molecule has 1 aliphatic heterocycles. The zero-order valence-corrected chi connectivity index (χ0v) is 12.7. The highest BCUT2D eigenvalue weighted by Gasteiger charge is 2.45. The molecule has 1 saturated heterocycles. The summed E-state index contributed by atoms with van der Waals surface area (Å²) in [6.07, 6.45) is 0. The number of phenolic OH excluding ortho intramolecular Hbond substituents is 1. The monoisotopic (exact) mass is 322 g/mol. The topological polar surface area (TPSA) is 55.7 Å². The van der Waals surface area contributed by atoms with Crippen molar-refractivity contribution in [3.05, 3.63) is 29.3 Å². The number of aryl methyl sites for hydroxylation is 1. The molecule has 21 heavy (non-hydrogen) atoms. The summed E-state index contributed by atoms with van der Waals surface area (Å²) in [7, 11) is 0. The summed E-state index contributed by atoms with van der Waals surface area (Å²) in [4.78, 5) is 1.61. The van der Waals surface area contributed by atoms with Crippen LogP contribution in [0.15, 0.2) is 18.2 Å². The highest BCUT2D eigenvalue weighted by atomic mass is 35.5. The van der Waals surface area contributed by atoms with Gasteiger partial charge < -0.3 is 15.5 Å². The summed E-state index contributed by atoms with van der Waals surface area (Å²) in [5, 5.41) is 22.1. The molecule has 2 rings (SSSR count). The van der Waals surface area contributed by atoms with Crippen molar-refractivity contribution < 1.29 is 19.0 Å². The summed E-state index contributed by atoms with van der Waals surface area (Å²) in [6.45, 7) is 2.68. The molecule has 1 aliphatic rings. The number of aliphatic hydroxyl groups excluding tert-OH is 1. The molecular formula is C14H21ClF2N2O2. The summed E-state index contributed by atoms with van der Waals surface area (Å²) >= 11 is 0. The van der Waals surface area contributed by atoms with E-state index in [0.717, 1.165) is 5.56 Å². The lowest BCUT2D eigenvalue weighted by molar-refractivity contribution is -0.119. The minimum absolute atomic E-state index is 0. The Labute approximate surface area is 129 Å². The molecule has 0 radical (unpaired) electrons. The molecular weight excluding hydrogens is 302 g/mol. The Morgan fingerprint density at radius 3 is 2.48 bits per heavy atom. The van der Waals surface area contributed by atoms with Gasteiger partial charge in [-0.15, -0.1) is 12.4 Å². The SMILES string of the molecule is Cc1ccc([C@H](N2CCNCC2)C(F)(F)CO)c(O)c1.Cl. The van der Waals surface area contributed by atoms with Crippen LogP contribution in [0.4, 0.5) is 8.78 Å². The second-order valence-corrected chi connectivity index (χ2v) is 5.17. The Balaban J connectivity index is 0.00000220. The number of hydrogen-bond acceptors (Lipinski definition) is 4. The van der Waals surface area contributed by atoms with E-state index in [1.54, 1.807) is 17.9 Å². The molecule has 1 aromatic carbocycles. The molecule has 0 spiro atoms. The van der Waals surface area contributed by atoms with E-state index in [1.807, 2.05) is 0 Å². The zero-order chi connectivity index (χ0) is 14.8. The van der Waals surface area contributed by atoms with E-state index in [9.17, 15) is 13.9 Å². The van der Waals surface area contributed by atoms with E-state index in [1.165, 1.54) is 12.1 Å². The van der Waals surface area contributed by atoms with E-state index < -0.39 is 18.6 Å². The van der Waals surface area contributed by atoms with Gasteiger partial charge in [0.05, 0.1) is 0 Å². The zero-order valence-electron chi connectivity index (χ0n) is 11.9. The fourth-order valence-electron chi connectivity index (χ4n) is 2.60. The van der Waals surface area contributed by atoms with Gasteiger partial charge in [-0.25, -0.2) is 8.78 Å². The van der Waals surface area contributed by atoms with Gasteiger partial charge in [0.1, 0.15) is 18.4 Å². The van der Waals surface area contributed by atoms with E-state index in [2.05, 4.69) is 5.32 Å². The first-order chi connectivity index (χ1) is 9.45. The molecule has 4 nitrogen and oxygen atoms in total. The van der Waals surface area contributed by atoms with Gasteiger partial charge in [0.25, 0.3) is 5.92 Å². The first-order valence-electron chi connectivity index (χ1n) is 6.68. The van der Waals surface area contributed by atoms with Crippen LogP contribution in [0.3, 0.4) is 0 Å². The number of aliphatic hydroxyl groups is 1. The highest BCUT2D eigenvalue weighted by Crippen LogP contribution is 2.40. The van der Waals surface area contributed by atoms with Crippen LogP contribution in [0.1, 0.15) is 17.2 Å². The lowest BCUT2D eigenvalue weighted by Gasteiger charge is -2.39. The van der Waals surface area contributed by atoms with Gasteiger partial charge in [0, 0.05) is 31.7 Å². The quantitative estimate of drug-likeness (QED) is 0.790. The van der Waals surface area contributed by atoms with Crippen LogP contribution in [0.2, 0.25) is 0 Å². The second-order valence-electron chi connectivity index (χ2n) is 5.17. The molecule has 1 heterocycles. The molecule has 0 amide bonds. The fourth-order valence-corrected chi connectivity index (χ4v) is 2.60. The maximum atomic E-state index is 14.1. The first kappa shape index (κ1) is 18.1. The molecule has 1 atom stereocenters. The number of alkyl halides is 2. The van der Waals surface area contributed by atoms with Gasteiger partial charge in [-0.2, -0.15) is 0 Å². The van der Waals surface area contributed by atoms with Crippen LogP contribution in [-0.2, 0) is 0 Å². The molecule has 0 unspecified atom stereocenters. The van der Waals surface area contributed by atoms with Gasteiger partial charge in [-0.1, -0.05) is 12.1 Å². The Bertz CT molecular complexity index is 468. The number of halogens is 3. The van der Waals surface area contributed by atoms with Gasteiger partial charge in [-0.3, -0.25) is 4.90 Å². The smallest absolute Gasteiger partial charge is 0.290 e. The van der Waals surface area contributed by atoms with E-state index in [0.29, 0.717) is 26.2 Å². The molecule has 3 N–H and O–H groups in total. The average Bonchev–Trinajstić information content (AvgIpc) is 2.43. The van der Waals surface area contributed by atoms with Gasteiger partial charge >= 0.3 is 0 Å². The average molecular weight is 323 g/mol. The summed E-state index contributed by atoms with van der Waals surface area (Å²) in [5.74, 6) is -3.45. The van der Waals surface area contributed by atoms with Crippen molar-refractivity contribution in [3.63, 3.8) is 0 Å². The summed E-state index contributed by atoms with van der Waals surface area (Å²) in [6, 6.07) is 3.37. The number of rotatable bonds is 4. The molecule has 0 saturated carbocycles. The van der Waals surface area contributed by atoms with Crippen molar-refractivity contribution in [1.29, 1.82) is 0 Å². The van der Waals surface area contributed by atoms with Crippen molar-refractivity contribution in [1.82, 2.24) is 10.2 Å².